The van der Waals surface area contributed by atoms with Crippen LogP contribution < -0.4 is 4.57 Å². The first kappa shape index (κ1) is 20.0. The Kier molecular flexibility index (Phi) is 6.35. The highest BCUT2D eigenvalue weighted by molar-refractivity contribution is 7.70. The molecule has 0 aliphatic carbocycles. The predicted octanol–water partition coefficient (Wildman–Crippen LogP) is 5.56. The first-order valence-corrected chi connectivity index (χ1v) is 11.5. The van der Waals surface area contributed by atoms with Crippen LogP contribution in [0.1, 0.15) is 12.0 Å². The van der Waals surface area contributed by atoms with Gasteiger partial charge in [-0.15, -0.1) is 5.11 Å². The largest absolute Gasteiger partial charge is 0.461 e. The van der Waals surface area contributed by atoms with Gasteiger partial charge in [0, 0.05) is 12.1 Å². The van der Waals surface area contributed by atoms with Crippen LogP contribution in [0.5, 0.6) is 0 Å². The molecule has 1 aliphatic rings. The second-order valence-electron chi connectivity index (χ2n) is 6.93. The zero-order valence-electron chi connectivity index (χ0n) is 16.7. The topological polar surface area (TPSA) is 67.3 Å². The lowest BCUT2D eigenvalue weighted by Gasteiger charge is -2.05. The SMILES string of the molecule is CP1C=Nc2cc(-c3cc[n+](CCC(=O)OCc4ccccc4)cc3)ccc2N=N1. The number of nitrogens with zero attached hydrogens (tertiary/aromatic N) is 4. The van der Waals surface area contributed by atoms with Crippen molar-refractivity contribution in [3.63, 3.8) is 0 Å². The fraction of sp³-hybridized carbons (Fsp3) is 0.174. The van der Waals surface area contributed by atoms with E-state index in [0.29, 0.717) is 19.6 Å². The number of esters is 1. The molecule has 0 N–H and O–H groups in total. The summed E-state index contributed by atoms with van der Waals surface area (Å²) >= 11 is 0. The van der Waals surface area contributed by atoms with Crippen molar-refractivity contribution < 1.29 is 14.1 Å². The summed E-state index contributed by atoms with van der Waals surface area (Å²) in [7, 11) is -0.633. The summed E-state index contributed by atoms with van der Waals surface area (Å²) in [4.78, 5) is 20.8. The number of carbonyl (C=O) groups excluding carboxylic acids is 1. The Labute approximate surface area is 176 Å². The van der Waals surface area contributed by atoms with Crippen molar-refractivity contribution in [2.24, 2.45) is 15.0 Å². The number of aryl methyl sites for hydroxylation is 1. The Morgan fingerprint density at radius 1 is 1.00 bits per heavy atom. The molecule has 1 unspecified atom stereocenters. The highest BCUT2D eigenvalue weighted by atomic mass is 31.1. The van der Waals surface area contributed by atoms with Crippen LogP contribution in [-0.4, -0.2) is 18.6 Å². The summed E-state index contributed by atoms with van der Waals surface area (Å²) in [5.41, 5.74) is 4.77. The third-order valence-electron chi connectivity index (χ3n) is 4.67. The minimum atomic E-state index is -0.633. The molecule has 1 aliphatic heterocycles. The number of hydrogen-bond acceptors (Lipinski definition) is 5. The third-order valence-corrected chi connectivity index (χ3v) is 5.50. The Hall–Kier alpha value is -3.24. The Morgan fingerprint density at radius 3 is 2.60 bits per heavy atom. The second-order valence-corrected chi connectivity index (χ2v) is 8.49. The van der Waals surface area contributed by atoms with Crippen molar-refractivity contribution in [3.05, 3.63) is 78.6 Å². The van der Waals surface area contributed by atoms with Crippen molar-refractivity contribution in [2.45, 2.75) is 19.6 Å². The van der Waals surface area contributed by atoms with E-state index in [-0.39, 0.29) is 5.97 Å². The number of hydrogen-bond donors (Lipinski definition) is 0. The number of carbonyl (C=O) groups is 1. The van der Waals surface area contributed by atoms with Crippen molar-refractivity contribution in [1.82, 2.24) is 0 Å². The lowest BCUT2D eigenvalue weighted by Crippen LogP contribution is -2.34. The highest BCUT2D eigenvalue weighted by Crippen LogP contribution is 2.40. The minimum Gasteiger partial charge on any atom is -0.461 e. The Morgan fingerprint density at radius 2 is 1.80 bits per heavy atom. The van der Waals surface area contributed by atoms with E-state index in [1.54, 1.807) is 0 Å². The van der Waals surface area contributed by atoms with Gasteiger partial charge in [-0.1, -0.05) is 36.4 Å². The van der Waals surface area contributed by atoms with Gasteiger partial charge in [-0.2, -0.15) is 4.88 Å². The van der Waals surface area contributed by atoms with Gasteiger partial charge in [0.1, 0.15) is 18.7 Å². The molecule has 1 aromatic heterocycles. The summed E-state index contributed by atoms with van der Waals surface area (Å²) in [5, 5.41) is 4.27. The molecule has 0 spiro atoms. The number of aromatic nitrogens is 1. The van der Waals surface area contributed by atoms with Gasteiger partial charge in [0.2, 0.25) is 0 Å². The van der Waals surface area contributed by atoms with E-state index in [9.17, 15) is 4.79 Å². The molecule has 2 aromatic carbocycles. The summed E-state index contributed by atoms with van der Waals surface area (Å²) in [5.74, 6) is 1.66. The van der Waals surface area contributed by atoms with Crippen LogP contribution >= 0.6 is 8.07 Å². The number of benzene rings is 2. The molecule has 6 nitrogen and oxygen atoms in total. The van der Waals surface area contributed by atoms with E-state index < -0.39 is 8.07 Å². The first-order chi connectivity index (χ1) is 14.7. The van der Waals surface area contributed by atoms with Gasteiger partial charge < -0.3 is 4.74 Å². The standard InChI is InChI=1S/C23H22N4O2P/c1-30-17-24-22-15-20(7-8-21(22)25-26-30)19-9-12-27(13-10-19)14-11-23(28)29-16-18-5-3-2-4-6-18/h2-10,12-13,15,17H,11,14,16H2,1H3/q+1. The van der Waals surface area contributed by atoms with Crippen molar-refractivity contribution >= 4 is 31.4 Å². The van der Waals surface area contributed by atoms with Crippen molar-refractivity contribution in [3.8, 4) is 11.1 Å². The van der Waals surface area contributed by atoms with Crippen LogP contribution in [0.2, 0.25) is 0 Å². The maximum atomic E-state index is 12.0. The van der Waals surface area contributed by atoms with Crippen LogP contribution in [0.4, 0.5) is 11.4 Å². The Bertz CT molecular complexity index is 1080. The van der Waals surface area contributed by atoms with Crippen LogP contribution in [0.15, 0.2) is 88.0 Å². The zero-order chi connectivity index (χ0) is 20.8. The van der Waals surface area contributed by atoms with Crippen molar-refractivity contribution in [2.75, 3.05) is 6.66 Å². The molecule has 3 aromatic rings. The van der Waals surface area contributed by atoms with E-state index in [2.05, 4.69) is 15.0 Å². The number of rotatable bonds is 6. The Balaban J connectivity index is 1.35. The highest BCUT2D eigenvalue weighted by Gasteiger charge is 2.11. The van der Waals surface area contributed by atoms with Crippen LogP contribution in [0.25, 0.3) is 11.1 Å². The summed E-state index contributed by atoms with van der Waals surface area (Å²) in [6.07, 6.45) is 4.27. The number of pyridine rings is 1. The maximum absolute atomic E-state index is 12.0. The van der Waals surface area contributed by atoms with E-state index >= 15 is 0 Å². The van der Waals surface area contributed by atoms with E-state index in [1.165, 1.54) is 0 Å². The average molecular weight is 417 g/mol. The molecule has 150 valence electrons. The lowest BCUT2D eigenvalue weighted by molar-refractivity contribution is -0.695. The molecule has 0 bridgehead atoms. The van der Waals surface area contributed by atoms with Gasteiger partial charge in [-0.05, 0) is 35.5 Å². The number of aliphatic imine (C=N–C) groups is 1. The fourth-order valence-corrected chi connectivity index (χ4v) is 3.58. The van der Waals surface area contributed by atoms with Crippen LogP contribution in [-0.2, 0) is 22.7 Å². The van der Waals surface area contributed by atoms with Crippen LogP contribution in [0, 0.1) is 0 Å². The smallest absolute Gasteiger partial charge is 0.312 e. The normalized spacial score (nSPS) is 14.8. The molecule has 30 heavy (non-hydrogen) atoms. The summed E-state index contributed by atoms with van der Waals surface area (Å²) < 4.78 is 7.31. The molecule has 0 saturated heterocycles. The van der Waals surface area contributed by atoms with Gasteiger partial charge >= 0.3 is 5.97 Å². The first-order valence-electron chi connectivity index (χ1n) is 9.69. The molecule has 1 atom stereocenters. The van der Waals surface area contributed by atoms with Gasteiger partial charge in [0.15, 0.2) is 18.9 Å². The molecule has 7 heteroatoms. The van der Waals surface area contributed by atoms with Crippen molar-refractivity contribution in [1.29, 1.82) is 0 Å². The molecule has 4 rings (SSSR count). The van der Waals surface area contributed by atoms with Crippen LogP contribution in [0.3, 0.4) is 0 Å². The molecular weight excluding hydrogens is 395 g/mol. The molecule has 0 radical (unpaired) electrons. The van der Waals surface area contributed by atoms with E-state index in [4.69, 9.17) is 4.74 Å². The van der Waals surface area contributed by atoms with E-state index in [0.717, 1.165) is 28.1 Å². The average Bonchev–Trinajstić information content (AvgIpc) is 2.98. The molecule has 0 amide bonds. The fourth-order valence-electron chi connectivity index (χ4n) is 3.01. The van der Waals surface area contributed by atoms with E-state index in [1.807, 2.05) is 90.2 Å². The minimum absolute atomic E-state index is 0.205. The van der Waals surface area contributed by atoms with Gasteiger partial charge in [-0.3, -0.25) is 9.79 Å². The molecule has 2 heterocycles. The van der Waals surface area contributed by atoms with Gasteiger partial charge in [-0.25, -0.2) is 4.57 Å². The number of ether oxygens (including phenoxy) is 1. The molecule has 0 saturated carbocycles. The van der Waals surface area contributed by atoms with Gasteiger partial charge in [0.05, 0.1) is 19.7 Å². The van der Waals surface area contributed by atoms with Gasteiger partial charge in [0.25, 0.3) is 0 Å². The monoisotopic (exact) mass is 417 g/mol. The molecule has 0 fully saturated rings. The predicted molar refractivity (Wildman–Crippen MR) is 118 cm³/mol. The summed E-state index contributed by atoms with van der Waals surface area (Å²) in [6, 6.07) is 19.8. The third kappa shape index (κ3) is 5.22. The zero-order valence-corrected chi connectivity index (χ0v) is 17.6. The quantitative estimate of drug-likeness (QED) is 0.299. The molecular formula is C23H22N4O2P+. The number of fused-ring (bicyclic) bond motifs is 1. The second kappa shape index (κ2) is 9.51. The summed E-state index contributed by atoms with van der Waals surface area (Å²) in [6.45, 7) is 2.90. The maximum Gasteiger partial charge on any atom is 0.312 e. The lowest BCUT2D eigenvalue weighted by atomic mass is 10.1.